The van der Waals surface area contributed by atoms with Crippen LogP contribution in [0.25, 0.3) is 0 Å². The molecule has 0 saturated carbocycles. The van der Waals surface area contributed by atoms with Crippen LogP contribution >= 0.6 is 35.0 Å². The Morgan fingerprint density at radius 1 is 1.00 bits per heavy atom. The first-order valence-electron chi connectivity index (χ1n) is 3.19. The van der Waals surface area contributed by atoms with Crippen LogP contribution in [0.4, 0.5) is 0 Å². The minimum Gasteiger partial charge on any atom is -0.379 e. The van der Waals surface area contributed by atoms with Gasteiger partial charge in [0.05, 0.1) is 13.2 Å². The van der Waals surface area contributed by atoms with Crippen LogP contribution in [0.1, 0.15) is 0 Å². The summed E-state index contributed by atoms with van der Waals surface area (Å²) in [6.07, 6.45) is 0. The molecule has 0 unspecified atom stereocenters. The lowest BCUT2D eigenvalue weighted by atomic mass is 10.8. The van der Waals surface area contributed by atoms with Gasteiger partial charge in [-0.05, 0) is 0 Å². The molecule has 0 spiro atoms. The molecular weight excluding hydrogens is 191 g/mol. The predicted octanol–water partition coefficient (Wildman–Crippen LogP) is 2.21. The quantitative estimate of drug-likeness (QED) is 0.463. The van der Waals surface area contributed by atoms with Crippen molar-refractivity contribution in [2.45, 2.75) is 0 Å². The van der Waals surface area contributed by atoms with Gasteiger partial charge >= 0.3 is 0 Å². The molecule has 0 heterocycles. The van der Waals surface area contributed by atoms with E-state index >= 15 is 0 Å². The van der Waals surface area contributed by atoms with Gasteiger partial charge in [0.2, 0.25) is 0 Å². The van der Waals surface area contributed by atoms with E-state index in [0.717, 1.165) is 24.0 Å². The van der Waals surface area contributed by atoms with E-state index in [9.17, 15) is 0 Å². The molecule has 0 radical (unpaired) electrons. The highest BCUT2D eigenvalue weighted by Gasteiger charge is 1.87. The van der Waals surface area contributed by atoms with Gasteiger partial charge in [-0.3, -0.25) is 0 Å². The van der Waals surface area contributed by atoms with Crippen molar-refractivity contribution in [3.8, 4) is 0 Å². The second-order valence-corrected chi connectivity index (χ2v) is 3.58. The number of rotatable bonds is 7. The number of alkyl halides is 2. The third-order valence-corrected chi connectivity index (χ3v) is 2.33. The van der Waals surface area contributed by atoms with Gasteiger partial charge < -0.3 is 4.74 Å². The van der Waals surface area contributed by atoms with E-state index in [-0.39, 0.29) is 0 Å². The summed E-state index contributed by atoms with van der Waals surface area (Å²) in [5.41, 5.74) is 0. The third kappa shape index (κ3) is 8.89. The van der Waals surface area contributed by atoms with E-state index in [2.05, 4.69) is 0 Å². The molecule has 0 bridgehead atoms. The molecule has 0 aliphatic carbocycles. The summed E-state index contributed by atoms with van der Waals surface area (Å²) in [5.74, 6) is 3.33. The van der Waals surface area contributed by atoms with Crippen LogP contribution in [-0.2, 0) is 4.74 Å². The van der Waals surface area contributed by atoms with Crippen molar-refractivity contribution in [3.63, 3.8) is 0 Å². The average molecular weight is 203 g/mol. The monoisotopic (exact) mass is 202 g/mol. The molecule has 0 amide bonds. The summed E-state index contributed by atoms with van der Waals surface area (Å²) in [7, 11) is 0. The fraction of sp³-hybridized carbons (Fsp3) is 1.00. The van der Waals surface area contributed by atoms with Gasteiger partial charge in [-0.25, -0.2) is 0 Å². The zero-order chi connectivity index (χ0) is 7.66. The van der Waals surface area contributed by atoms with Gasteiger partial charge in [0, 0.05) is 23.3 Å². The van der Waals surface area contributed by atoms with E-state index in [1.54, 1.807) is 11.8 Å². The zero-order valence-corrected chi connectivity index (χ0v) is 8.14. The minimum absolute atomic E-state index is 0.584. The highest BCUT2D eigenvalue weighted by Crippen LogP contribution is 1.99. The number of hydrogen-bond acceptors (Lipinski definition) is 2. The normalized spacial score (nSPS) is 10.2. The summed E-state index contributed by atoms with van der Waals surface area (Å²) in [4.78, 5) is 0. The van der Waals surface area contributed by atoms with E-state index in [4.69, 9.17) is 27.9 Å². The molecule has 0 aromatic heterocycles. The first kappa shape index (κ1) is 10.9. The molecule has 4 heteroatoms. The van der Waals surface area contributed by atoms with E-state index in [1.807, 2.05) is 0 Å². The lowest BCUT2D eigenvalue weighted by Gasteiger charge is -1.99. The smallest absolute Gasteiger partial charge is 0.0602 e. The Morgan fingerprint density at radius 2 is 1.80 bits per heavy atom. The molecule has 0 aromatic rings. The Kier molecular flexibility index (Phi) is 10.8. The summed E-state index contributed by atoms with van der Waals surface area (Å²) in [5, 5.41) is 0. The number of hydrogen-bond donors (Lipinski definition) is 0. The third-order valence-electron chi connectivity index (χ3n) is 0.815. The molecule has 0 rings (SSSR count). The van der Waals surface area contributed by atoms with Crippen LogP contribution in [0, 0.1) is 0 Å². The molecule has 0 aliphatic rings. The van der Waals surface area contributed by atoms with Crippen LogP contribution in [0.15, 0.2) is 0 Å². The molecule has 0 fully saturated rings. The van der Waals surface area contributed by atoms with E-state index < -0.39 is 0 Å². The lowest BCUT2D eigenvalue weighted by molar-refractivity contribution is 0.166. The fourth-order valence-electron chi connectivity index (χ4n) is 0.431. The number of ether oxygens (including phenoxy) is 1. The maximum atomic E-state index is 5.46. The fourth-order valence-corrected chi connectivity index (χ4v) is 1.42. The molecule has 0 N–H and O–H groups in total. The summed E-state index contributed by atoms with van der Waals surface area (Å²) in [6.45, 7) is 1.44. The van der Waals surface area contributed by atoms with Crippen molar-refractivity contribution >= 4 is 35.0 Å². The Bertz CT molecular complexity index is 55.7. The number of thioether (sulfide) groups is 1. The maximum absolute atomic E-state index is 5.46. The van der Waals surface area contributed by atoms with Gasteiger partial charge in [-0.2, -0.15) is 11.8 Å². The topological polar surface area (TPSA) is 9.23 Å². The summed E-state index contributed by atoms with van der Waals surface area (Å²) in [6, 6.07) is 0. The van der Waals surface area contributed by atoms with Crippen molar-refractivity contribution in [2.75, 3.05) is 36.5 Å². The second kappa shape index (κ2) is 9.89. The van der Waals surface area contributed by atoms with E-state index in [0.29, 0.717) is 12.5 Å². The SMILES string of the molecule is ClCCOCCSCCCl. The van der Waals surface area contributed by atoms with Crippen molar-refractivity contribution in [2.24, 2.45) is 0 Å². The largest absolute Gasteiger partial charge is 0.379 e. The summed E-state index contributed by atoms with van der Waals surface area (Å²) >= 11 is 12.7. The predicted molar refractivity (Wildman–Crippen MR) is 49.6 cm³/mol. The first-order chi connectivity index (χ1) is 4.91. The number of halogens is 2. The van der Waals surface area contributed by atoms with Gasteiger partial charge in [-0.1, -0.05) is 0 Å². The maximum Gasteiger partial charge on any atom is 0.0602 e. The van der Waals surface area contributed by atoms with Crippen molar-refractivity contribution in [1.82, 2.24) is 0 Å². The van der Waals surface area contributed by atoms with Gasteiger partial charge in [0.25, 0.3) is 0 Å². The second-order valence-electron chi connectivity index (χ2n) is 1.60. The van der Waals surface area contributed by atoms with E-state index in [1.165, 1.54) is 0 Å². The van der Waals surface area contributed by atoms with Crippen LogP contribution in [0.5, 0.6) is 0 Å². The van der Waals surface area contributed by atoms with Crippen LogP contribution < -0.4 is 0 Å². The van der Waals surface area contributed by atoms with Gasteiger partial charge in [-0.15, -0.1) is 23.2 Å². The molecule has 0 saturated heterocycles. The van der Waals surface area contributed by atoms with Crippen molar-refractivity contribution in [1.29, 1.82) is 0 Å². The van der Waals surface area contributed by atoms with Crippen LogP contribution in [-0.4, -0.2) is 36.5 Å². The zero-order valence-electron chi connectivity index (χ0n) is 5.82. The van der Waals surface area contributed by atoms with Crippen LogP contribution in [0.2, 0.25) is 0 Å². The van der Waals surface area contributed by atoms with Crippen LogP contribution in [0.3, 0.4) is 0 Å². The van der Waals surface area contributed by atoms with Crippen molar-refractivity contribution < 1.29 is 4.74 Å². The average Bonchev–Trinajstić information content (AvgIpc) is 1.97. The first-order valence-corrected chi connectivity index (χ1v) is 5.41. The molecule has 62 valence electrons. The van der Waals surface area contributed by atoms with Gasteiger partial charge in [0.15, 0.2) is 0 Å². The molecule has 0 aromatic carbocycles. The molecule has 10 heavy (non-hydrogen) atoms. The Morgan fingerprint density at radius 3 is 2.40 bits per heavy atom. The summed E-state index contributed by atoms with van der Waals surface area (Å²) < 4.78 is 5.13. The van der Waals surface area contributed by atoms with Gasteiger partial charge in [0.1, 0.15) is 0 Å². The minimum atomic E-state index is 0.584. The lowest BCUT2D eigenvalue weighted by Crippen LogP contribution is -2.00. The Balaban J connectivity index is 2.65. The molecular formula is C6H12Cl2OS. The van der Waals surface area contributed by atoms with Crippen molar-refractivity contribution in [3.05, 3.63) is 0 Å². The highest BCUT2D eigenvalue weighted by atomic mass is 35.5. The molecule has 0 aliphatic heterocycles. The standard InChI is InChI=1S/C6H12Cl2OS/c7-1-3-9-4-6-10-5-2-8/h1-6H2. The molecule has 1 nitrogen and oxygen atoms in total. The Hall–Kier alpha value is 0.890. The highest BCUT2D eigenvalue weighted by molar-refractivity contribution is 7.99. The Labute approximate surface area is 76.4 Å². The molecule has 0 atom stereocenters.